The fourth-order valence-electron chi connectivity index (χ4n) is 0.920. The fraction of sp³-hybridized carbons (Fsp3) is 0.375. The number of rotatable bonds is 5. The minimum Gasteiger partial charge on any atom is -0.394 e. The first-order valence-corrected chi connectivity index (χ1v) is 4.21. The van der Waals surface area contributed by atoms with Crippen LogP contribution in [-0.2, 0) is 0 Å². The maximum Gasteiger partial charge on any atom is 0.141 e. The van der Waals surface area contributed by atoms with E-state index in [2.05, 4.69) is 15.7 Å². The molecule has 1 heterocycles. The van der Waals surface area contributed by atoms with Crippen molar-refractivity contribution in [2.45, 2.75) is 6.10 Å². The minimum absolute atomic E-state index is 0.264. The molecule has 1 rings (SSSR count). The summed E-state index contributed by atoms with van der Waals surface area (Å²) < 4.78 is 0. The molecule has 6 heteroatoms. The average molecular weight is 198 g/mol. The molecular weight excluding hydrogens is 184 g/mol. The lowest BCUT2D eigenvalue weighted by Crippen LogP contribution is -2.23. The van der Waals surface area contributed by atoms with Crippen LogP contribution in [0.15, 0.2) is 18.3 Å². The highest BCUT2D eigenvalue weighted by molar-refractivity contribution is 5.51. The highest BCUT2D eigenvalue weighted by Crippen LogP contribution is 2.10. The van der Waals surface area contributed by atoms with Crippen LogP contribution in [0, 0.1) is 0 Å². The van der Waals surface area contributed by atoms with Gasteiger partial charge >= 0.3 is 0 Å². The summed E-state index contributed by atoms with van der Waals surface area (Å²) in [5.41, 5.74) is 3.18. The smallest absolute Gasteiger partial charge is 0.141 e. The summed E-state index contributed by atoms with van der Waals surface area (Å²) in [6.07, 6.45) is 0.820. The third-order valence-corrected chi connectivity index (χ3v) is 1.66. The van der Waals surface area contributed by atoms with E-state index in [1.165, 1.54) is 0 Å². The Morgan fingerprint density at radius 1 is 1.57 bits per heavy atom. The maximum atomic E-state index is 9.08. The number of aliphatic hydroxyl groups is 2. The van der Waals surface area contributed by atoms with Crippen molar-refractivity contribution in [2.75, 3.05) is 23.9 Å². The van der Waals surface area contributed by atoms with Crippen LogP contribution in [-0.4, -0.2) is 34.5 Å². The lowest BCUT2D eigenvalue weighted by Gasteiger charge is -2.10. The van der Waals surface area contributed by atoms with Gasteiger partial charge in [0.1, 0.15) is 5.82 Å². The molecule has 1 aromatic rings. The summed E-state index contributed by atoms with van der Waals surface area (Å²) in [4.78, 5) is 3.92. The summed E-state index contributed by atoms with van der Waals surface area (Å²) >= 11 is 0. The van der Waals surface area contributed by atoms with E-state index in [1.54, 1.807) is 18.3 Å². The molecule has 0 aliphatic heterocycles. The van der Waals surface area contributed by atoms with Gasteiger partial charge in [-0.05, 0) is 6.07 Å². The van der Waals surface area contributed by atoms with Crippen molar-refractivity contribution in [1.29, 1.82) is 0 Å². The normalized spacial score (nSPS) is 12.2. The number of hydrogen-bond acceptors (Lipinski definition) is 6. The van der Waals surface area contributed by atoms with Crippen LogP contribution in [0.25, 0.3) is 0 Å². The molecule has 0 radical (unpaired) electrons. The highest BCUT2D eigenvalue weighted by atomic mass is 16.3. The molecular formula is C8H14N4O2. The number of anilines is 2. The van der Waals surface area contributed by atoms with Gasteiger partial charge in [-0.25, -0.2) is 10.8 Å². The van der Waals surface area contributed by atoms with Gasteiger partial charge in [-0.3, -0.25) is 0 Å². The molecule has 14 heavy (non-hydrogen) atoms. The lowest BCUT2D eigenvalue weighted by molar-refractivity contribution is 0.105. The van der Waals surface area contributed by atoms with Gasteiger partial charge in [0.2, 0.25) is 0 Å². The van der Waals surface area contributed by atoms with Gasteiger partial charge < -0.3 is 21.0 Å². The fourth-order valence-corrected chi connectivity index (χ4v) is 0.920. The number of nitrogen functional groups attached to an aromatic ring is 1. The van der Waals surface area contributed by atoms with Crippen molar-refractivity contribution in [3.05, 3.63) is 18.3 Å². The standard InChI is InChI=1S/C8H14N4O2/c9-12-8-3-6(1-2-10-8)11-4-7(14)5-13/h1-3,7,13-14H,4-5,9H2,(H2,10,11,12). The van der Waals surface area contributed by atoms with Crippen molar-refractivity contribution in [2.24, 2.45) is 5.84 Å². The van der Waals surface area contributed by atoms with Gasteiger partial charge in [-0.15, -0.1) is 0 Å². The molecule has 6 N–H and O–H groups in total. The Morgan fingerprint density at radius 2 is 2.36 bits per heavy atom. The first-order chi connectivity index (χ1) is 6.76. The number of hydrazine groups is 1. The zero-order chi connectivity index (χ0) is 10.4. The zero-order valence-electron chi connectivity index (χ0n) is 7.64. The molecule has 78 valence electrons. The van der Waals surface area contributed by atoms with E-state index in [4.69, 9.17) is 16.1 Å². The van der Waals surface area contributed by atoms with Crippen LogP contribution >= 0.6 is 0 Å². The number of nitrogens with two attached hydrogens (primary N) is 1. The number of aliphatic hydroxyl groups excluding tert-OH is 2. The Hall–Kier alpha value is -1.37. The van der Waals surface area contributed by atoms with Crippen molar-refractivity contribution < 1.29 is 10.2 Å². The zero-order valence-corrected chi connectivity index (χ0v) is 7.64. The van der Waals surface area contributed by atoms with Gasteiger partial charge in [0.05, 0.1) is 12.7 Å². The van der Waals surface area contributed by atoms with Crippen molar-refractivity contribution in [3.8, 4) is 0 Å². The quantitative estimate of drug-likeness (QED) is 0.311. The Balaban J connectivity index is 2.50. The van der Waals surface area contributed by atoms with Gasteiger partial charge in [-0.1, -0.05) is 0 Å². The predicted molar refractivity (Wildman–Crippen MR) is 53.6 cm³/mol. The van der Waals surface area contributed by atoms with Crippen LogP contribution < -0.4 is 16.6 Å². The molecule has 0 aliphatic carbocycles. The Bertz CT molecular complexity index is 282. The molecule has 0 fully saturated rings. The van der Waals surface area contributed by atoms with Crippen LogP contribution in [0.1, 0.15) is 0 Å². The van der Waals surface area contributed by atoms with E-state index in [0.717, 1.165) is 5.69 Å². The number of hydrogen-bond donors (Lipinski definition) is 5. The molecule has 1 atom stereocenters. The lowest BCUT2D eigenvalue weighted by atomic mass is 10.3. The molecule has 0 bridgehead atoms. The van der Waals surface area contributed by atoms with E-state index in [1.807, 2.05) is 0 Å². The van der Waals surface area contributed by atoms with Crippen LogP contribution in [0.4, 0.5) is 11.5 Å². The number of nitrogens with zero attached hydrogens (tertiary/aromatic N) is 1. The monoisotopic (exact) mass is 198 g/mol. The third kappa shape index (κ3) is 3.17. The summed E-state index contributed by atoms with van der Waals surface area (Å²) in [5.74, 6) is 5.71. The van der Waals surface area contributed by atoms with Gasteiger partial charge in [0.25, 0.3) is 0 Å². The molecule has 6 nitrogen and oxygen atoms in total. The van der Waals surface area contributed by atoms with Crippen LogP contribution in [0.2, 0.25) is 0 Å². The number of pyridine rings is 1. The SMILES string of the molecule is NNc1cc(NCC(O)CO)ccn1. The first kappa shape index (κ1) is 10.7. The molecule has 0 saturated heterocycles. The molecule has 1 unspecified atom stereocenters. The summed E-state index contributed by atoms with van der Waals surface area (Å²) in [5, 5.41) is 20.6. The van der Waals surface area contributed by atoms with Crippen molar-refractivity contribution in [1.82, 2.24) is 4.98 Å². The van der Waals surface area contributed by atoms with E-state index >= 15 is 0 Å². The van der Waals surface area contributed by atoms with E-state index in [-0.39, 0.29) is 13.2 Å². The van der Waals surface area contributed by atoms with Gasteiger partial charge in [-0.2, -0.15) is 0 Å². The van der Waals surface area contributed by atoms with Crippen molar-refractivity contribution >= 4 is 11.5 Å². The average Bonchev–Trinajstić information content (AvgIpc) is 2.26. The van der Waals surface area contributed by atoms with Crippen LogP contribution in [0.5, 0.6) is 0 Å². The first-order valence-electron chi connectivity index (χ1n) is 4.21. The highest BCUT2D eigenvalue weighted by Gasteiger charge is 2.01. The second-order valence-electron chi connectivity index (χ2n) is 2.79. The second kappa shape index (κ2) is 5.38. The largest absolute Gasteiger partial charge is 0.394 e. The van der Waals surface area contributed by atoms with E-state index in [9.17, 15) is 0 Å². The van der Waals surface area contributed by atoms with E-state index < -0.39 is 6.10 Å². The van der Waals surface area contributed by atoms with Crippen LogP contribution in [0.3, 0.4) is 0 Å². The maximum absolute atomic E-state index is 9.08. The van der Waals surface area contributed by atoms with Gasteiger partial charge in [0.15, 0.2) is 0 Å². The summed E-state index contributed by atoms with van der Waals surface area (Å²) in [7, 11) is 0. The third-order valence-electron chi connectivity index (χ3n) is 1.66. The summed E-state index contributed by atoms with van der Waals surface area (Å²) in [6.45, 7) is 0.0185. The van der Waals surface area contributed by atoms with Crippen molar-refractivity contribution in [3.63, 3.8) is 0 Å². The van der Waals surface area contributed by atoms with E-state index in [0.29, 0.717) is 5.82 Å². The number of aromatic nitrogens is 1. The Morgan fingerprint density at radius 3 is 3.00 bits per heavy atom. The molecule has 0 aromatic carbocycles. The minimum atomic E-state index is -0.766. The predicted octanol–water partition coefficient (Wildman–Crippen LogP) is -0.868. The Labute approximate surface area is 81.7 Å². The number of nitrogens with one attached hydrogen (secondary N) is 2. The summed E-state index contributed by atoms with van der Waals surface area (Å²) in [6, 6.07) is 3.44. The molecule has 1 aromatic heterocycles. The Kier molecular flexibility index (Phi) is 4.11. The van der Waals surface area contributed by atoms with Gasteiger partial charge in [0, 0.05) is 24.5 Å². The molecule has 0 saturated carbocycles. The molecule has 0 amide bonds. The molecule has 0 spiro atoms. The topological polar surface area (TPSA) is 103 Å². The second-order valence-corrected chi connectivity index (χ2v) is 2.79. The molecule has 0 aliphatic rings.